The lowest BCUT2D eigenvalue weighted by Crippen LogP contribution is -2.15. The van der Waals surface area contributed by atoms with Crippen molar-refractivity contribution >= 4 is 29.3 Å². The summed E-state index contributed by atoms with van der Waals surface area (Å²) < 4.78 is 0. The van der Waals surface area contributed by atoms with E-state index >= 15 is 0 Å². The Bertz CT molecular complexity index is 393. The van der Waals surface area contributed by atoms with Gasteiger partial charge in [-0.3, -0.25) is 9.59 Å². The van der Waals surface area contributed by atoms with Gasteiger partial charge in [-0.2, -0.15) is 0 Å². The van der Waals surface area contributed by atoms with Gasteiger partial charge in [-0.1, -0.05) is 12.1 Å². The van der Waals surface area contributed by atoms with E-state index in [2.05, 4.69) is 5.32 Å². The van der Waals surface area contributed by atoms with E-state index in [1.54, 1.807) is 6.07 Å². The first-order valence-corrected chi connectivity index (χ1v) is 5.89. The minimum atomic E-state index is -0.909. The monoisotopic (exact) mass is 239 g/mol. The Hall–Kier alpha value is -1.49. The van der Waals surface area contributed by atoms with E-state index in [1.165, 1.54) is 0 Å². The Morgan fingerprint density at radius 1 is 1.38 bits per heavy atom. The molecule has 0 aliphatic carbocycles. The summed E-state index contributed by atoms with van der Waals surface area (Å²) in [6, 6.07) is 7.46. The predicted molar refractivity (Wildman–Crippen MR) is 64.8 cm³/mol. The second kappa shape index (κ2) is 6.17. The third-order valence-corrected chi connectivity index (χ3v) is 2.68. The van der Waals surface area contributed by atoms with Gasteiger partial charge < -0.3 is 10.4 Å². The average Bonchev–Trinajstić information content (AvgIpc) is 2.16. The maximum atomic E-state index is 11.4. The highest BCUT2D eigenvalue weighted by atomic mass is 32.2. The van der Waals surface area contributed by atoms with Gasteiger partial charge in [0.05, 0.1) is 11.5 Å². The lowest BCUT2D eigenvalue weighted by Gasteiger charge is -2.04. The molecule has 0 heterocycles. The van der Waals surface area contributed by atoms with Crippen LogP contribution >= 0.6 is 11.8 Å². The number of nitrogens with one attached hydrogen (secondary N) is 1. The third kappa shape index (κ3) is 4.84. The Labute approximate surface area is 98.0 Å². The number of aryl methyl sites for hydroxylation is 1. The van der Waals surface area contributed by atoms with E-state index in [1.807, 2.05) is 25.1 Å². The summed E-state index contributed by atoms with van der Waals surface area (Å²) in [7, 11) is 0. The molecular formula is C11H13NO3S. The molecule has 0 spiro atoms. The maximum absolute atomic E-state index is 11.4. The summed E-state index contributed by atoms with van der Waals surface area (Å²) in [5, 5.41) is 11.1. The molecule has 0 aliphatic rings. The molecule has 16 heavy (non-hydrogen) atoms. The Morgan fingerprint density at radius 3 is 2.75 bits per heavy atom. The van der Waals surface area contributed by atoms with Gasteiger partial charge in [0.2, 0.25) is 5.91 Å². The first-order chi connectivity index (χ1) is 7.58. The molecular weight excluding hydrogens is 226 g/mol. The van der Waals surface area contributed by atoms with Crippen LogP contribution in [0.3, 0.4) is 0 Å². The molecule has 1 amide bonds. The molecule has 5 heteroatoms. The molecule has 0 radical (unpaired) electrons. The van der Waals surface area contributed by atoms with Crippen molar-refractivity contribution in [3.05, 3.63) is 29.8 Å². The largest absolute Gasteiger partial charge is 0.481 e. The van der Waals surface area contributed by atoms with Crippen LogP contribution in [0.15, 0.2) is 24.3 Å². The zero-order valence-electron chi connectivity index (χ0n) is 8.90. The van der Waals surface area contributed by atoms with E-state index < -0.39 is 5.97 Å². The molecule has 0 aromatic heterocycles. The minimum absolute atomic E-state index is 0.0543. The SMILES string of the molecule is Cc1cccc(NC(=O)CSCC(=O)O)c1. The van der Waals surface area contributed by atoms with Gasteiger partial charge in [-0.15, -0.1) is 11.8 Å². The van der Waals surface area contributed by atoms with Crippen LogP contribution in [0, 0.1) is 6.92 Å². The van der Waals surface area contributed by atoms with Crippen molar-refractivity contribution < 1.29 is 14.7 Å². The van der Waals surface area contributed by atoms with Gasteiger partial charge in [0.25, 0.3) is 0 Å². The molecule has 0 aliphatic heterocycles. The number of thioether (sulfide) groups is 1. The highest BCUT2D eigenvalue weighted by molar-refractivity contribution is 8.00. The van der Waals surface area contributed by atoms with Gasteiger partial charge >= 0.3 is 5.97 Å². The first-order valence-electron chi connectivity index (χ1n) is 4.74. The molecule has 1 aromatic rings. The Morgan fingerprint density at radius 2 is 2.12 bits per heavy atom. The second-order valence-corrected chi connectivity index (χ2v) is 4.29. The molecule has 4 nitrogen and oxygen atoms in total. The number of carboxylic acid groups (broad SMARTS) is 1. The number of carboxylic acids is 1. The van der Waals surface area contributed by atoms with Crippen LogP contribution in [0.4, 0.5) is 5.69 Å². The van der Waals surface area contributed by atoms with E-state index in [0.29, 0.717) is 0 Å². The lowest BCUT2D eigenvalue weighted by atomic mass is 10.2. The summed E-state index contributed by atoms with van der Waals surface area (Å²) in [4.78, 5) is 21.6. The average molecular weight is 239 g/mol. The van der Waals surface area contributed by atoms with Crippen molar-refractivity contribution in [2.24, 2.45) is 0 Å². The van der Waals surface area contributed by atoms with Crippen LogP contribution in [-0.2, 0) is 9.59 Å². The lowest BCUT2D eigenvalue weighted by molar-refractivity contribution is -0.133. The third-order valence-electron chi connectivity index (χ3n) is 1.76. The fourth-order valence-corrected chi connectivity index (χ4v) is 1.69. The smallest absolute Gasteiger partial charge is 0.313 e. The van der Waals surface area contributed by atoms with Gasteiger partial charge in [0, 0.05) is 5.69 Å². The molecule has 0 atom stereocenters. The molecule has 0 saturated heterocycles. The van der Waals surface area contributed by atoms with Crippen molar-refractivity contribution in [1.82, 2.24) is 0 Å². The number of aliphatic carboxylic acids is 1. The van der Waals surface area contributed by atoms with Crippen molar-refractivity contribution in [3.63, 3.8) is 0 Å². The fourth-order valence-electron chi connectivity index (χ4n) is 1.15. The van der Waals surface area contributed by atoms with Crippen LogP contribution in [0.25, 0.3) is 0 Å². The van der Waals surface area contributed by atoms with Crippen molar-refractivity contribution in [1.29, 1.82) is 0 Å². The van der Waals surface area contributed by atoms with Crippen LogP contribution in [0.1, 0.15) is 5.56 Å². The highest BCUT2D eigenvalue weighted by Crippen LogP contribution is 2.10. The van der Waals surface area contributed by atoms with Gasteiger partial charge in [0.1, 0.15) is 0 Å². The van der Waals surface area contributed by atoms with Gasteiger partial charge in [-0.05, 0) is 24.6 Å². The van der Waals surface area contributed by atoms with E-state index in [9.17, 15) is 9.59 Å². The second-order valence-electron chi connectivity index (χ2n) is 3.30. The van der Waals surface area contributed by atoms with E-state index in [0.717, 1.165) is 23.0 Å². The fraction of sp³-hybridized carbons (Fsp3) is 0.273. The number of anilines is 1. The number of carbonyl (C=O) groups is 2. The van der Waals surface area contributed by atoms with Crippen LogP contribution < -0.4 is 5.32 Å². The highest BCUT2D eigenvalue weighted by Gasteiger charge is 2.04. The molecule has 0 fully saturated rings. The Kier molecular flexibility index (Phi) is 4.85. The molecule has 2 N–H and O–H groups in total. The number of hydrogen-bond donors (Lipinski definition) is 2. The predicted octanol–water partition coefficient (Wildman–Crippen LogP) is 1.75. The standard InChI is InChI=1S/C11H13NO3S/c1-8-3-2-4-9(5-8)12-10(13)6-16-7-11(14)15/h2-5H,6-7H2,1H3,(H,12,13)(H,14,15). The topological polar surface area (TPSA) is 66.4 Å². The number of amides is 1. The van der Waals surface area contributed by atoms with Crippen molar-refractivity contribution in [2.75, 3.05) is 16.8 Å². The first kappa shape index (κ1) is 12.6. The number of hydrogen-bond acceptors (Lipinski definition) is 3. The Balaban J connectivity index is 2.37. The summed E-state index contributed by atoms with van der Waals surface area (Å²) >= 11 is 1.08. The quantitative estimate of drug-likeness (QED) is 0.821. The number of benzene rings is 1. The number of carbonyl (C=O) groups excluding carboxylic acids is 1. The van der Waals surface area contributed by atoms with Crippen molar-refractivity contribution in [3.8, 4) is 0 Å². The van der Waals surface area contributed by atoms with E-state index in [4.69, 9.17) is 5.11 Å². The summed E-state index contributed by atoms with van der Waals surface area (Å²) in [6.45, 7) is 1.94. The zero-order valence-corrected chi connectivity index (χ0v) is 9.71. The molecule has 1 rings (SSSR count). The van der Waals surface area contributed by atoms with E-state index in [-0.39, 0.29) is 17.4 Å². The van der Waals surface area contributed by atoms with Gasteiger partial charge in [-0.25, -0.2) is 0 Å². The molecule has 0 saturated carbocycles. The molecule has 0 bridgehead atoms. The summed E-state index contributed by atoms with van der Waals surface area (Å²) in [5.41, 5.74) is 1.80. The summed E-state index contributed by atoms with van der Waals surface area (Å²) in [5.74, 6) is -0.994. The molecule has 0 unspecified atom stereocenters. The van der Waals surface area contributed by atoms with Crippen LogP contribution in [0.5, 0.6) is 0 Å². The maximum Gasteiger partial charge on any atom is 0.313 e. The van der Waals surface area contributed by atoms with Crippen molar-refractivity contribution in [2.45, 2.75) is 6.92 Å². The molecule has 86 valence electrons. The molecule has 1 aromatic carbocycles. The zero-order chi connectivity index (χ0) is 12.0. The number of rotatable bonds is 5. The summed E-state index contributed by atoms with van der Waals surface area (Å²) in [6.07, 6.45) is 0. The van der Waals surface area contributed by atoms with Gasteiger partial charge in [0.15, 0.2) is 0 Å². The minimum Gasteiger partial charge on any atom is -0.481 e. The normalized spacial score (nSPS) is 9.81. The van der Waals surface area contributed by atoms with Crippen LogP contribution in [-0.4, -0.2) is 28.5 Å². The van der Waals surface area contributed by atoms with Crippen LogP contribution in [0.2, 0.25) is 0 Å².